The molecule has 2 aliphatic rings. The highest BCUT2D eigenvalue weighted by molar-refractivity contribution is 5.87. The lowest BCUT2D eigenvalue weighted by molar-refractivity contribution is -0.161. The quantitative estimate of drug-likeness (QED) is 0.729. The Morgan fingerprint density at radius 3 is 2.16 bits per heavy atom. The normalized spacial score (nSPS) is 21.0. The first-order valence-corrected chi connectivity index (χ1v) is 11.9. The molecule has 1 heterocycles. The van der Waals surface area contributed by atoms with E-state index in [4.69, 9.17) is 0 Å². The second-order valence-corrected chi connectivity index (χ2v) is 9.32. The second kappa shape index (κ2) is 9.97. The topological polar surface area (TPSA) is 43.8 Å². The summed E-state index contributed by atoms with van der Waals surface area (Å²) in [7, 11) is 0. The van der Waals surface area contributed by atoms with Crippen LogP contribution in [0, 0.1) is 5.92 Å². The minimum atomic E-state index is -1.39. The molecule has 1 saturated heterocycles. The number of nitrogens with zero attached hydrogens (tertiary/aromatic N) is 2. The fraction of sp³-hybridized carbons (Fsp3) is 0.519. The number of hydrogen-bond acceptors (Lipinski definition) is 3. The molecule has 0 bridgehead atoms. The molecule has 1 aliphatic carbocycles. The van der Waals surface area contributed by atoms with Crippen LogP contribution in [0.15, 0.2) is 60.7 Å². The highest BCUT2D eigenvalue weighted by Crippen LogP contribution is 2.42. The van der Waals surface area contributed by atoms with Crippen LogP contribution in [-0.4, -0.2) is 53.0 Å². The summed E-state index contributed by atoms with van der Waals surface area (Å²) in [6, 6.07) is 20.8. The summed E-state index contributed by atoms with van der Waals surface area (Å²) < 4.78 is 0. The summed E-state index contributed by atoms with van der Waals surface area (Å²) in [4.78, 5) is 18.1. The number of hydrogen-bond donors (Lipinski definition) is 1. The fourth-order valence-corrected chi connectivity index (χ4v) is 5.38. The Labute approximate surface area is 186 Å². The summed E-state index contributed by atoms with van der Waals surface area (Å²) >= 11 is 0. The average molecular weight is 421 g/mol. The van der Waals surface area contributed by atoms with E-state index < -0.39 is 5.60 Å². The molecule has 1 saturated carbocycles. The smallest absolute Gasteiger partial charge is 0.259 e. The monoisotopic (exact) mass is 420 g/mol. The molecule has 4 heteroatoms. The van der Waals surface area contributed by atoms with Gasteiger partial charge in [-0.05, 0) is 43.7 Å². The molecule has 2 fully saturated rings. The SMILES string of the molecule is CC(CCc1ccccc1)N1CCN(C(=O)C(O)(c2ccccc2)C2CCCC2)CC1. The van der Waals surface area contributed by atoms with Gasteiger partial charge in [-0.3, -0.25) is 9.69 Å². The number of benzene rings is 2. The van der Waals surface area contributed by atoms with E-state index in [1.165, 1.54) is 5.56 Å². The molecule has 2 unspecified atom stereocenters. The Morgan fingerprint density at radius 1 is 0.968 bits per heavy atom. The van der Waals surface area contributed by atoms with Crippen LogP contribution in [0.3, 0.4) is 0 Å². The molecule has 0 radical (unpaired) electrons. The van der Waals surface area contributed by atoms with Crippen molar-refractivity contribution in [2.45, 2.75) is 57.1 Å². The van der Waals surface area contributed by atoms with Crippen LogP contribution in [0.1, 0.15) is 50.2 Å². The third-order valence-corrected chi connectivity index (χ3v) is 7.40. The van der Waals surface area contributed by atoms with Crippen molar-refractivity contribution in [3.05, 3.63) is 71.8 Å². The van der Waals surface area contributed by atoms with Gasteiger partial charge in [0.1, 0.15) is 0 Å². The van der Waals surface area contributed by atoms with Crippen LogP contribution in [-0.2, 0) is 16.8 Å². The van der Waals surface area contributed by atoms with Gasteiger partial charge in [0.25, 0.3) is 5.91 Å². The van der Waals surface area contributed by atoms with Crippen molar-refractivity contribution in [1.29, 1.82) is 0 Å². The Morgan fingerprint density at radius 2 is 1.55 bits per heavy atom. The molecular weight excluding hydrogens is 384 g/mol. The maximum absolute atomic E-state index is 13.7. The number of rotatable bonds is 7. The van der Waals surface area contributed by atoms with Gasteiger partial charge in [0.05, 0.1) is 0 Å². The lowest BCUT2D eigenvalue weighted by Crippen LogP contribution is -2.57. The number of carbonyl (C=O) groups excluding carboxylic acids is 1. The Balaban J connectivity index is 1.38. The van der Waals surface area contributed by atoms with E-state index in [1.807, 2.05) is 35.2 Å². The minimum absolute atomic E-state index is 0.0187. The number of carbonyl (C=O) groups is 1. The highest BCUT2D eigenvalue weighted by Gasteiger charge is 2.48. The molecule has 2 aromatic carbocycles. The van der Waals surface area contributed by atoms with E-state index in [0.717, 1.165) is 57.2 Å². The summed E-state index contributed by atoms with van der Waals surface area (Å²) in [6.07, 6.45) is 6.24. The van der Waals surface area contributed by atoms with Gasteiger partial charge < -0.3 is 10.0 Å². The van der Waals surface area contributed by atoms with Gasteiger partial charge in [-0.25, -0.2) is 0 Å². The lowest BCUT2D eigenvalue weighted by Gasteiger charge is -2.43. The molecule has 4 nitrogen and oxygen atoms in total. The van der Waals surface area contributed by atoms with Gasteiger partial charge in [0.2, 0.25) is 0 Å². The molecule has 1 N–H and O–H groups in total. The molecular formula is C27H36N2O2. The van der Waals surface area contributed by atoms with E-state index in [2.05, 4.69) is 42.2 Å². The van der Waals surface area contributed by atoms with Gasteiger partial charge in [0.15, 0.2) is 5.60 Å². The van der Waals surface area contributed by atoms with Gasteiger partial charge in [-0.2, -0.15) is 0 Å². The summed E-state index contributed by atoms with van der Waals surface area (Å²) in [5.41, 5.74) is 0.747. The van der Waals surface area contributed by atoms with Crippen molar-refractivity contribution in [2.24, 2.45) is 5.92 Å². The predicted molar refractivity (Wildman–Crippen MR) is 125 cm³/mol. The highest BCUT2D eigenvalue weighted by atomic mass is 16.3. The zero-order valence-corrected chi connectivity index (χ0v) is 18.7. The second-order valence-electron chi connectivity index (χ2n) is 9.32. The Kier molecular flexibility index (Phi) is 7.09. The van der Waals surface area contributed by atoms with Crippen LogP contribution >= 0.6 is 0 Å². The first kappa shape index (κ1) is 22.0. The molecule has 166 valence electrons. The van der Waals surface area contributed by atoms with Crippen molar-refractivity contribution >= 4 is 5.91 Å². The zero-order valence-electron chi connectivity index (χ0n) is 18.7. The van der Waals surface area contributed by atoms with E-state index in [-0.39, 0.29) is 11.8 Å². The predicted octanol–water partition coefficient (Wildman–Crippen LogP) is 4.23. The minimum Gasteiger partial charge on any atom is -0.375 e. The fourth-order valence-electron chi connectivity index (χ4n) is 5.38. The largest absolute Gasteiger partial charge is 0.375 e. The molecule has 1 aliphatic heterocycles. The summed E-state index contributed by atoms with van der Waals surface area (Å²) in [5, 5.41) is 11.8. The van der Waals surface area contributed by atoms with Crippen LogP contribution in [0.5, 0.6) is 0 Å². The number of aryl methyl sites for hydroxylation is 1. The number of amides is 1. The van der Waals surface area contributed by atoms with E-state index >= 15 is 0 Å². The van der Waals surface area contributed by atoms with Crippen molar-refractivity contribution in [3.8, 4) is 0 Å². The number of piperazine rings is 1. The third-order valence-electron chi connectivity index (χ3n) is 7.40. The lowest BCUT2D eigenvalue weighted by atomic mass is 9.79. The molecule has 2 atom stereocenters. The average Bonchev–Trinajstić information content (AvgIpc) is 3.38. The van der Waals surface area contributed by atoms with Crippen LogP contribution < -0.4 is 0 Å². The molecule has 0 spiro atoms. The Hall–Kier alpha value is -2.17. The van der Waals surface area contributed by atoms with Crippen LogP contribution in [0.4, 0.5) is 0 Å². The number of aliphatic hydroxyl groups is 1. The van der Waals surface area contributed by atoms with Crippen LogP contribution in [0.25, 0.3) is 0 Å². The van der Waals surface area contributed by atoms with Gasteiger partial charge in [-0.1, -0.05) is 73.5 Å². The van der Waals surface area contributed by atoms with Crippen molar-refractivity contribution in [3.63, 3.8) is 0 Å². The van der Waals surface area contributed by atoms with E-state index in [0.29, 0.717) is 19.1 Å². The van der Waals surface area contributed by atoms with Gasteiger partial charge in [-0.15, -0.1) is 0 Å². The first-order valence-electron chi connectivity index (χ1n) is 11.9. The van der Waals surface area contributed by atoms with Gasteiger partial charge in [0, 0.05) is 38.1 Å². The van der Waals surface area contributed by atoms with Crippen molar-refractivity contribution in [2.75, 3.05) is 26.2 Å². The maximum atomic E-state index is 13.7. The molecule has 0 aromatic heterocycles. The standard InChI is InChI=1S/C27H36N2O2/c1-22(16-17-23-10-4-2-5-11-23)28-18-20-29(21-19-28)26(30)27(31,25-14-8-9-15-25)24-12-6-3-7-13-24/h2-7,10-13,22,25,31H,8-9,14-21H2,1H3. The maximum Gasteiger partial charge on any atom is 0.259 e. The zero-order chi connectivity index (χ0) is 21.7. The van der Waals surface area contributed by atoms with Gasteiger partial charge >= 0.3 is 0 Å². The van der Waals surface area contributed by atoms with Crippen molar-refractivity contribution < 1.29 is 9.90 Å². The van der Waals surface area contributed by atoms with E-state index in [9.17, 15) is 9.90 Å². The third kappa shape index (κ3) is 4.86. The molecule has 31 heavy (non-hydrogen) atoms. The molecule has 1 amide bonds. The molecule has 2 aromatic rings. The molecule has 4 rings (SSSR count). The van der Waals surface area contributed by atoms with Crippen LogP contribution in [0.2, 0.25) is 0 Å². The summed E-state index contributed by atoms with van der Waals surface area (Å²) in [6.45, 7) is 5.42. The summed E-state index contributed by atoms with van der Waals surface area (Å²) in [5.74, 6) is -0.0765. The van der Waals surface area contributed by atoms with E-state index in [1.54, 1.807) is 0 Å². The van der Waals surface area contributed by atoms with Crippen molar-refractivity contribution in [1.82, 2.24) is 9.80 Å². The first-order chi connectivity index (χ1) is 15.1. The Bertz CT molecular complexity index is 827.